The molecule has 0 saturated heterocycles. The van der Waals surface area contributed by atoms with Crippen LogP contribution in [0.15, 0.2) is 75.8 Å². The number of furan rings is 1. The lowest BCUT2D eigenvalue weighted by molar-refractivity contribution is 0.0716. The Morgan fingerprint density at radius 1 is 1.00 bits per heavy atom. The lowest BCUT2D eigenvalue weighted by Crippen LogP contribution is -2.30. The monoisotopic (exact) mass is 387 g/mol. The molecule has 3 aromatic rings. The maximum absolute atomic E-state index is 14.0. The molecule has 1 aromatic heterocycles. The maximum atomic E-state index is 14.0. The van der Waals surface area contributed by atoms with Crippen molar-refractivity contribution in [3.8, 4) is 0 Å². The Balaban J connectivity index is 1.87. The smallest absolute Gasteiger partial charge is 0.254 e. The summed E-state index contributed by atoms with van der Waals surface area (Å²) in [5.41, 5.74) is 1.01. The molecular weight excluding hydrogens is 373 g/mol. The lowest BCUT2D eigenvalue weighted by Gasteiger charge is -2.22. The number of rotatable bonds is 5. The van der Waals surface area contributed by atoms with Crippen LogP contribution in [0.25, 0.3) is 0 Å². The number of amides is 1. The van der Waals surface area contributed by atoms with Crippen molar-refractivity contribution in [3.05, 3.63) is 94.1 Å². The van der Waals surface area contributed by atoms with Gasteiger partial charge in [0, 0.05) is 22.1 Å². The first-order valence-corrected chi connectivity index (χ1v) is 8.23. The number of hydrogen-bond donors (Lipinski definition) is 0. The van der Waals surface area contributed by atoms with Gasteiger partial charge in [-0.15, -0.1) is 0 Å². The van der Waals surface area contributed by atoms with Crippen LogP contribution < -0.4 is 0 Å². The summed E-state index contributed by atoms with van der Waals surface area (Å²) in [6, 6.07) is 17.1. The van der Waals surface area contributed by atoms with Gasteiger partial charge in [0.2, 0.25) is 0 Å². The Labute approximate surface area is 147 Å². The minimum atomic E-state index is -0.328. The predicted molar refractivity (Wildman–Crippen MR) is 92.8 cm³/mol. The fourth-order valence-electron chi connectivity index (χ4n) is 2.40. The molecule has 122 valence electrons. The molecule has 0 unspecified atom stereocenters. The second-order valence-electron chi connectivity index (χ2n) is 5.34. The van der Waals surface area contributed by atoms with Crippen molar-refractivity contribution in [1.82, 2.24) is 4.90 Å². The Morgan fingerprint density at radius 2 is 1.75 bits per heavy atom. The molecule has 0 aliphatic heterocycles. The largest absolute Gasteiger partial charge is 0.467 e. The average Bonchev–Trinajstić information content (AvgIpc) is 3.09. The van der Waals surface area contributed by atoms with Crippen LogP contribution in [0.3, 0.4) is 0 Å². The molecule has 0 N–H and O–H groups in total. The minimum Gasteiger partial charge on any atom is -0.467 e. The van der Waals surface area contributed by atoms with E-state index in [9.17, 15) is 9.18 Å². The Morgan fingerprint density at radius 3 is 2.42 bits per heavy atom. The van der Waals surface area contributed by atoms with Crippen molar-refractivity contribution >= 4 is 21.8 Å². The van der Waals surface area contributed by atoms with Crippen LogP contribution in [-0.2, 0) is 13.1 Å². The van der Waals surface area contributed by atoms with Gasteiger partial charge in [-0.25, -0.2) is 4.39 Å². The highest BCUT2D eigenvalue weighted by atomic mass is 79.9. The van der Waals surface area contributed by atoms with E-state index in [2.05, 4.69) is 15.9 Å². The molecule has 0 radical (unpaired) electrons. The molecule has 0 atom stereocenters. The molecule has 3 nitrogen and oxygen atoms in total. The van der Waals surface area contributed by atoms with Gasteiger partial charge < -0.3 is 9.32 Å². The summed E-state index contributed by atoms with van der Waals surface area (Å²) >= 11 is 3.35. The van der Waals surface area contributed by atoms with E-state index in [1.54, 1.807) is 65.8 Å². The summed E-state index contributed by atoms with van der Waals surface area (Å²) in [7, 11) is 0. The number of hydrogen-bond acceptors (Lipinski definition) is 2. The molecule has 0 aliphatic carbocycles. The van der Waals surface area contributed by atoms with E-state index >= 15 is 0 Å². The first-order chi connectivity index (χ1) is 11.6. The van der Waals surface area contributed by atoms with Gasteiger partial charge in [-0.1, -0.05) is 34.1 Å². The number of nitrogens with zero attached hydrogens (tertiary/aromatic N) is 1. The zero-order valence-electron chi connectivity index (χ0n) is 12.8. The number of carbonyl (C=O) groups excluding carboxylic acids is 1. The molecule has 1 amide bonds. The van der Waals surface area contributed by atoms with E-state index in [0.717, 1.165) is 4.47 Å². The highest BCUT2D eigenvalue weighted by Crippen LogP contribution is 2.18. The van der Waals surface area contributed by atoms with Gasteiger partial charge in [-0.3, -0.25) is 4.79 Å². The molecule has 2 aromatic carbocycles. The van der Waals surface area contributed by atoms with Gasteiger partial charge in [0.15, 0.2) is 0 Å². The second kappa shape index (κ2) is 7.45. The average molecular weight is 388 g/mol. The van der Waals surface area contributed by atoms with Crippen LogP contribution in [0.1, 0.15) is 21.7 Å². The van der Waals surface area contributed by atoms with Crippen LogP contribution in [0.5, 0.6) is 0 Å². The summed E-state index contributed by atoms with van der Waals surface area (Å²) < 4.78 is 20.2. The summed E-state index contributed by atoms with van der Waals surface area (Å²) in [4.78, 5) is 14.4. The molecule has 5 heteroatoms. The van der Waals surface area contributed by atoms with Crippen molar-refractivity contribution in [1.29, 1.82) is 0 Å². The van der Waals surface area contributed by atoms with E-state index in [4.69, 9.17) is 4.42 Å². The van der Waals surface area contributed by atoms with E-state index in [1.807, 2.05) is 0 Å². The molecule has 0 saturated carbocycles. The van der Waals surface area contributed by atoms with Gasteiger partial charge in [0.25, 0.3) is 5.91 Å². The van der Waals surface area contributed by atoms with Crippen molar-refractivity contribution < 1.29 is 13.6 Å². The van der Waals surface area contributed by atoms with Crippen LogP contribution in [0.4, 0.5) is 4.39 Å². The van der Waals surface area contributed by atoms with Crippen molar-refractivity contribution in [2.75, 3.05) is 0 Å². The second-order valence-corrected chi connectivity index (χ2v) is 6.25. The molecule has 0 aliphatic rings. The number of halogens is 2. The first-order valence-electron chi connectivity index (χ1n) is 7.44. The number of carbonyl (C=O) groups is 1. The quantitative estimate of drug-likeness (QED) is 0.615. The first kappa shape index (κ1) is 16.5. The summed E-state index contributed by atoms with van der Waals surface area (Å²) in [6.07, 6.45) is 1.56. The Bertz CT molecular complexity index is 816. The van der Waals surface area contributed by atoms with Crippen molar-refractivity contribution in [2.24, 2.45) is 0 Å². The molecule has 0 spiro atoms. The molecule has 0 bridgehead atoms. The lowest BCUT2D eigenvalue weighted by atomic mass is 10.1. The van der Waals surface area contributed by atoms with Gasteiger partial charge in [0.1, 0.15) is 11.6 Å². The van der Waals surface area contributed by atoms with E-state index < -0.39 is 0 Å². The molecular formula is C19H15BrFNO2. The summed E-state index contributed by atoms with van der Waals surface area (Å²) in [5, 5.41) is 0. The predicted octanol–water partition coefficient (Wildman–Crippen LogP) is 5.02. The zero-order valence-corrected chi connectivity index (χ0v) is 14.4. The van der Waals surface area contributed by atoms with Gasteiger partial charge in [-0.2, -0.15) is 0 Å². The van der Waals surface area contributed by atoms with Gasteiger partial charge in [-0.05, 0) is 42.5 Å². The third-order valence-electron chi connectivity index (χ3n) is 3.62. The van der Waals surface area contributed by atoms with Crippen LogP contribution >= 0.6 is 15.9 Å². The third-order valence-corrected chi connectivity index (χ3v) is 4.15. The topological polar surface area (TPSA) is 33.5 Å². The van der Waals surface area contributed by atoms with Crippen molar-refractivity contribution in [3.63, 3.8) is 0 Å². The molecule has 24 heavy (non-hydrogen) atoms. The standard InChI is InChI=1S/C19H15BrFNO2/c20-16-9-7-14(8-10-16)19(23)22(13-17-5-3-11-24-17)12-15-4-1-2-6-18(15)21/h1-11H,12-13H2. The third kappa shape index (κ3) is 3.92. The number of benzene rings is 2. The van der Waals surface area contributed by atoms with Gasteiger partial charge >= 0.3 is 0 Å². The normalized spacial score (nSPS) is 10.6. The van der Waals surface area contributed by atoms with E-state index in [1.165, 1.54) is 6.07 Å². The Kier molecular flexibility index (Phi) is 5.11. The van der Waals surface area contributed by atoms with E-state index in [0.29, 0.717) is 16.9 Å². The van der Waals surface area contributed by atoms with E-state index in [-0.39, 0.29) is 24.8 Å². The molecule has 1 heterocycles. The fraction of sp³-hybridized carbons (Fsp3) is 0.105. The Hall–Kier alpha value is -2.40. The van der Waals surface area contributed by atoms with Crippen LogP contribution in [0, 0.1) is 5.82 Å². The van der Waals surface area contributed by atoms with Crippen LogP contribution in [-0.4, -0.2) is 10.8 Å². The molecule has 0 fully saturated rings. The highest BCUT2D eigenvalue weighted by molar-refractivity contribution is 9.10. The zero-order chi connectivity index (χ0) is 16.9. The fourth-order valence-corrected chi connectivity index (χ4v) is 2.66. The van der Waals surface area contributed by atoms with Crippen LogP contribution in [0.2, 0.25) is 0 Å². The van der Waals surface area contributed by atoms with Gasteiger partial charge in [0.05, 0.1) is 12.8 Å². The minimum absolute atomic E-state index is 0.169. The SMILES string of the molecule is O=C(c1ccc(Br)cc1)N(Cc1ccco1)Cc1ccccc1F. The maximum Gasteiger partial charge on any atom is 0.254 e. The molecule has 3 rings (SSSR count). The highest BCUT2D eigenvalue weighted by Gasteiger charge is 2.19. The van der Waals surface area contributed by atoms with Crippen molar-refractivity contribution in [2.45, 2.75) is 13.1 Å². The summed E-state index contributed by atoms with van der Waals surface area (Å²) in [6.45, 7) is 0.443. The summed E-state index contributed by atoms with van der Waals surface area (Å²) in [5.74, 6) is 0.143.